The quantitative estimate of drug-likeness (QED) is 0.688. The summed E-state index contributed by atoms with van der Waals surface area (Å²) in [4.78, 5) is 12.0. The SMILES string of the molecule is C#CCCCn1nc(-c2ccsc2)c(O)c(C#N)c1=O. The summed E-state index contributed by atoms with van der Waals surface area (Å²) >= 11 is 1.44. The molecule has 2 heterocycles. The van der Waals surface area contributed by atoms with Crippen molar-refractivity contribution in [3.8, 4) is 35.4 Å². The lowest BCUT2D eigenvalue weighted by molar-refractivity contribution is 0.458. The van der Waals surface area contributed by atoms with Gasteiger partial charge in [0, 0.05) is 23.9 Å². The van der Waals surface area contributed by atoms with E-state index in [0.29, 0.717) is 24.9 Å². The smallest absolute Gasteiger partial charge is 0.288 e. The fourth-order valence-electron chi connectivity index (χ4n) is 1.74. The average Bonchev–Trinajstić information content (AvgIpc) is 2.96. The Morgan fingerprint density at radius 1 is 1.55 bits per heavy atom. The Balaban J connectivity index is 2.54. The van der Waals surface area contributed by atoms with Crippen molar-refractivity contribution in [3.63, 3.8) is 0 Å². The highest BCUT2D eigenvalue weighted by molar-refractivity contribution is 7.08. The first-order valence-electron chi connectivity index (χ1n) is 5.89. The summed E-state index contributed by atoms with van der Waals surface area (Å²) in [6, 6.07) is 3.50. The first kappa shape index (κ1) is 13.9. The van der Waals surface area contributed by atoms with Crippen LogP contribution in [-0.4, -0.2) is 14.9 Å². The van der Waals surface area contributed by atoms with Crippen molar-refractivity contribution in [2.75, 3.05) is 0 Å². The predicted molar refractivity (Wildman–Crippen MR) is 76.3 cm³/mol. The number of terminal acetylenes is 1. The van der Waals surface area contributed by atoms with Gasteiger partial charge in [-0.05, 0) is 17.9 Å². The van der Waals surface area contributed by atoms with E-state index in [0.717, 1.165) is 0 Å². The Labute approximate surface area is 119 Å². The molecule has 0 saturated heterocycles. The Kier molecular flexibility index (Phi) is 4.19. The van der Waals surface area contributed by atoms with Crippen molar-refractivity contribution >= 4 is 11.3 Å². The summed E-state index contributed by atoms with van der Waals surface area (Å²) in [5.74, 6) is 2.11. The second-order valence-corrected chi connectivity index (χ2v) is 4.81. The van der Waals surface area contributed by atoms with Gasteiger partial charge >= 0.3 is 0 Å². The summed E-state index contributed by atoms with van der Waals surface area (Å²) in [5.41, 5.74) is 0.0284. The van der Waals surface area contributed by atoms with Crippen molar-refractivity contribution in [3.05, 3.63) is 32.7 Å². The molecule has 0 aliphatic rings. The second kappa shape index (κ2) is 6.05. The number of aryl methyl sites for hydroxylation is 1. The predicted octanol–water partition coefficient (Wildman–Crippen LogP) is 1.96. The molecule has 2 aromatic heterocycles. The molecular formula is C14H11N3O2S. The monoisotopic (exact) mass is 285 g/mol. The largest absolute Gasteiger partial charge is 0.504 e. The molecule has 5 nitrogen and oxygen atoms in total. The van der Waals surface area contributed by atoms with Gasteiger partial charge in [-0.2, -0.15) is 21.7 Å². The number of hydrogen-bond acceptors (Lipinski definition) is 5. The van der Waals surface area contributed by atoms with Gasteiger partial charge < -0.3 is 5.11 Å². The maximum absolute atomic E-state index is 12.0. The molecule has 6 heteroatoms. The van der Waals surface area contributed by atoms with Gasteiger partial charge in [0.15, 0.2) is 11.3 Å². The summed E-state index contributed by atoms with van der Waals surface area (Å²) in [7, 11) is 0. The van der Waals surface area contributed by atoms with Crippen molar-refractivity contribution in [2.45, 2.75) is 19.4 Å². The highest BCUT2D eigenvalue weighted by Gasteiger charge is 2.18. The first-order valence-corrected chi connectivity index (χ1v) is 6.83. The Morgan fingerprint density at radius 3 is 2.95 bits per heavy atom. The number of aromatic nitrogens is 2. The summed E-state index contributed by atoms with van der Waals surface area (Å²) in [6.07, 6.45) is 6.27. The van der Waals surface area contributed by atoms with Gasteiger partial charge in [-0.25, -0.2) is 4.68 Å². The third-order valence-corrected chi connectivity index (χ3v) is 3.41. The van der Waals surface area contributed by atoms with E-state index in [2.05, 4.69) is 11.0 Å². The number of aromatic hydroxyl groups is 1. The van der Waals surface area contributed by atoms with Crippen molar-refractivity contribution < 1.29 is 5.11 Å². The van der Waals surface area contributed by atoms with Crippen LogP contribution in [-0.2, 0) is 6.54 Å². The molecule has 0 amide bonds. The molecule has 0 radical (unpaired) electrons. The third-order valence-electron chi connectivity index (χ3n) is 2.73. The topological polar surface area (TPSA) is 78.9 Å². The highest BCUT2D eigenvalue weighted by atomic mass is 32.1. The number of nitriles is 1. The van der Waals surface area contributed by atoms with E-state index in [-0.39, 0.29) is 17.0 Å². The molecule has 2 aromatic rings. The number of hydrogen-bond donors (Lipinski definition) is 1. The van der Waals surface area contributed by atoms with Crippen molar-refractivity contribution in [1.82, 2.24) is 9.78 Å². The van der Waals surface area contributed by atoms with Crippen LogP contribution < -0.4 is 5.56 Å². The zero-order valence-corrected chi connectivity index (χ0v) is 11.4. The molecule has 0 fully saturated rings. The molecule has 0 bridgehead atoms. The minimum absolute atomic E-state index is 0.239. The van der Waals surface area contributed by atoms with Crippen LogP contribution in [0.15, 0.2) is 21.6 Å². The van der Waals surface area contributed by atoms with E-state index >= 15 is 0 Å². The second-order valence-electron chi connectivity index (χ2n) is 4.03. The van der Waals surface area contributed by atoms with E-state index in [1.165, 1.54) is 16.0 Å². The molecular weight excluding hydrogens is 274 g/mol. The zero-order valence-electron chi connectivity index (χ0n) is 10.5. The third kappa shape index (κ3) is 2.56. The van der Waals surface area contributed by atoms with Gasteiger partial charge in [0.25, 0.3) is 5.56 Å². The molecule has 0 aliphatic heterocycles. The number of rotatable bonds is 4. The van der Waals surface area contributed by atoms with Crippen LogP contribution in [0, 0.1) is 23.7 Å². The van der Waals surface area contributed by atoms with Crippen LogP contribution in [0.2, 0.25) is 0 Å². The van der Waals surface area contributed by atoms with Crippen LogP contribution in [0.25, 0.3) is 11.3 Å². The molecule has 2 rings (SSSR count). The van der Waals surface area contributed by atoms with Gasteiger partial charge in [-0.15, -0.1) is 12.3 Å². The van der Waals surface area contributed by atoms with Gasteiger partial charge in [-0.3, -0.25) is 4.79 Å². The molecule has 0 atom stereocenters. The number of thiophene rings is 1. The van der Waals surface area contributed by atoms with Crippen molar-refractivity contribution in [2.24, 2.45) is 0 Å². The standard InChI is InChI=1S/C14H11N3O2S/c1-2-3-4-6-17-14(19)11(8-15)13(18)12(16-17)10-5-7-20-9-10/h1,5,7,9,18H,3-4,6H2. The minimum atomic E-state index is -0.596. The minimum Gasteiger partial charge on any atom is -0.504 e. The lowest BCUT2D eigenvalue weighted by Gasteiger charge is -2.09. The molecule has 0 unspecified atom stereocenters. The normalized spacial score (nSPS) is 9.90. The van der Waals surface area contributed by atoms with Crippen molar-refractivity contribution in [1.29, 1.82) is 5.26 Å². The maximum Gasteiger partial charge on any atom is 0.288 e. The van der Waals surface area contributed by atoms with E-state index in [1.54, 1.807) is 17.5 Å². The molecule has 0 saturated carbocycles. The van der Waals surface area contributed by atoms with Gasteiger partial charge in [0.05, 0.1) is 0 Å². The zero-order chi connectivity index (χ0) is 14.5. The Hall–Kier alpha value is -2.57. The Bertz CT molecular complexity index is 748. The lowest BCUT2D eigenvalue weighted by atomic mass is 10.1. The lowest BCUT2D eigenvalue weighted by Crippen LogP contribution is -2.26. The highest BCUT2D eigenvalue weighted by Crippen LogP contribution is 2.29. The average molecular weight is 285 g/mol. The first-order chi connectivity index (χ1) is 9.69. The fourth-order valence-corrected chi connectivity index (χ4v) is 2.38. The molecule has 1 N–H and O–H groups in total. The molecule has 20 heavy (non-hydrogen) atoms. The number of nitrogens with zero attached hydrogens (tertiary/aromatic N) is 3. The van der Waals surface area contributed by atoms with Crippen LogP contribution >= 0.6 is 11.3 Å². The molecule has 100 valence electrons. The van der Waals surface area contributed by atoms with Gasteiger partial charge in [-0.1, -0.05) is 0 Å². The summed E-state index contributed by atoms with van der Waals surface area (Å²) in [5, 5.41) is 26.8. The van der Waals surface area contributed by atoms with Crippen LogP contribution in [0.3, 0.4) is 0 Å². The maximum atomic E-state index is 12.0. The van der Waals surface area contributed by atoms with Crippen LogP contribution in [0.5, 0.6) is 5.75 Å². The van der Waals surface area contributed by atoms with Crippen LogP contribution in [0.1, 0.15) is 18.4 Å². The van der Waals surface area contributed by atoms with E-state index in [9.17, 15) is 9.90 Å². The Morgan fingerprint density at radius 2 is 2.35 bits per heavy atom. The van der Waals surface area contributed by atoms with Gasteiger partial charge in [0.2, 0.25) is 0 Å². The van der Waals surface area contributed by atoms with E-state index in [4.69, 9.17) is 11.7 Å². The molecule has 0 aromatic carbocycles. The fraction of sp³-hybridized carbons (Fsp3) is 0.214. The van der Waals surface area contributed by atoms with Gasteiger partial charge in [0.1, 0.15) is 11.8 Å². The van der Waals surface area contributed by atoms with Crippen LogP contribution in [0.4, 0.5) is 0 Å². The number of unbranched alkanes of at least 4 members (excludes halogenated alkanes) is 1. The summed E-state index contributed by atoms with van der Waals surface area (Å²) in [6.45, 7) is 0.315. The molecule has 0 aliphatic carbocycles. The van der Waals surface area contributed by atoms with E-state index in [1.807, 2.05) is 5.38 Å². The molecule has 0 spiro atoms. The summed E-state index contributed by atoms with van der Waals surface area (Å²) < 4.78 is 1.18. The van der Waals surface area contributed by atoms with E-state index < -0.39 is 5.56 Å².